The van der Waals surface area contributed by atoms with Crippen LogP contribution in [-0.2, 0) is 24.8 Å². The molecule has 0 spiro atoms. The summed E-state index contributed by atoms with van der Waals surface area (Å²) in [5.41, 5.74) is -0.143. The van der Waals surface area contributed by atoms with E-state index in [9.17, 15) is 25.6 Å². The Labute approximate surface area is 173 Å². The Morgan fingerprint density at radius 2 is 1.67 bits per heavy atom. The van der Waals surface area contributed by atoms with Crippen molar-refractivity contribution in [2.45, 2.75) is 16.7 Å². The topological polar surface area (TPSA) is 102 Å². The summed E-state index contributed by atoms with van der Waals surface area (Å²) in [7, 11) is -8.24. The van der Waals surface area contributed by atoms with Gasteiger partial charge in [0.1, 0.15) is 5.75 Å². The van der Waals surface area contributed by atoms with Crippen LogP contribution >= 0.6 is 0 Å². The largest absolute Gasteiger partial charge is 0.492 e. The lowest BCUT2D eigenvalue weighted by atomic mass is 10.3. The quantitative estimate of drug-likeness (QED) is 0.677. The molecular formula is C18H20F2N2O6S2. The smallest absolute Gasteiger partial charge is 0.262 e. The number of benzene rings is 2. The van der Waals surface area contributed by atoms with E-state index in [0.29, 0.717) is 12.1 Å². The standard InChI is InChI=1S/C18H20F2N2O6S2/c1-2-28-18-6-4-14(30(25,26)22-7-9-27-10-8-22)12-17(18)21-29(23,24)13-3-5-15(19)16(20)11-13/h3-6,11-12,21H,2,7-10H2,1H3. The van der Waals surface area contributed by atoms with Crippen LogP contribution in [0.4, 0.5) is 14.5 Å². The summed E-state index contributed by atoms with van der Waals surface area (Å²) in [5.74, 6) is -2.43. The van der Waals surface area contributed by atoms with Gasteiger partial charge in [0, 0.05) is 13.1 Å². The van der Waals surface area contributed by atoms with Crippen LogP contribution in [0.5, 0.6) is 5.75 Å². The number of ether oxygens (including phenoxy) is 2. The van der Waals surface area contributed by atoms with E-state index in [0.717, 1.165) is 12.1 Å². The number of halogens is 2. The van der Waals surface area contributed by atoms with Gasteiger partial charge in [0.05, 0.1) is 35.3 Å². The summed E-state index contributed by atoms with van der Waals surface area (Å²) in [6.45, 7) is 2.72. The van der Waals surface area contributed by atoms with Crippen LogP contribution in [0.1, 0.15) is 6.92 Å². The molecule has 1 saturated heterocycles. The highest BCUT2D eigenvalue weighted by atomic mass is 32.2. The van der Waals surface area contributed by atoms with Crippen molar-refractivity contribution < 1.29 is 35.1 Å². The van der Waals surface area contributed by atoms with Crippen LogP contribution in [0, 0.1) is 11.6 Å². The summed E-state index contributed by atoms with van der Waals surface area (Å²) < 4.78 is 91.7. The van der Waals surface area contributed by atoms with E-state index in [-0.39, 0.29) is 49.2 Å². The molecule has 0 radical (unpaired) electrons. The van der Waals surface area contributed by atoms with Gasteiger partial charge >= 0.3 is 0 Å². The molecule has 164 valence electrons. The highest BCUT2D eigenvalue weighted by Crippen LogP contribution is 2.31. The lowest BCUT2D eigenvalue weighted by Crippen LogP contribution is -2.40. The minimum absolute atomic E-state index is 0.0876. The van der Waals surface area contributed by atoms with Gasteiger partial charge in [-0.25, -0.2) is 25.6 Å². The first-order valence-corrected chi connectivity index (χ1v) is 11.9. The van der Waals surface area contributed by atoms with Gasteiger partial charge in [-0.2, -0.15) is 4.31 Å². The molecule has 0 amide bonds. The molecule has 12 heteroatoms. The van der Waals surface area contributed by atoms with Gasteiger partial charge in [-0.15, -0.1) is 0 Å². The fourth-order valence-electron chi connectivity index (χ4n) is 2.81. The molecule has 0 aromatic heterocycles. The Hall–Kier alpha value is -2.28. The second-order valence-corrected chi connectivity index (χ2v) is 9.91. The normalized spacial score (nSPS) is 15.7. The Kier molecular flexibility index (Phi) is 6.60. The molecular weight excluding hydrogens is 442 g/mol. The maximum atomic E-state index is 13.5. The molecule has 1 fully saturated rings. The zero-order valence-corrected chi connectivity index (χ0v) is 17.6. The zero-order valence-electron chi connectivity index (χ0n) is 16.0. The van der Waals surface area contributed by atoms with E-state index in [1.54, 1.807) is 6.92 Å². The van der Waals surface area contributed by atoms with Gasteiger partial charge < -0.3 is 9.47 Å². The lowest BCUT2D eigenvalue weighted by molar-refractivity contribution is 0.0730. The minimum Gasteiger partial charge on any atom is -0.492 e. The SMILES string of the molecule is CCOc1ccc(S(=O)(=O)N2CCOCC2)cc1NS(=O)(=O)c1ccc(F)c(F)c1. The maximum absolute atomic E-state index is 13.5. The molecule has 2 aromatic carbocycles. The first kappa shape index (κ1) is 22.4. The van der Waals surface area contributed by atoms with Crippen molar-refractivity contribution in [1.29, 1.82) is 0 Å². The fraction of sp³-hybridized carbons (Fsp3) is 0.333. The van der Waals surface area contributed by atoms with Crippen molar-refractivity contribution in [1.82, 2.24) is 4.31 Å². The van der Waals surface area contributed by atoms with E-state index in [2.05, 4.69) is 4.72 Å². The fourth-order valence-corrected chi connectivity index (χ4v) is 5.32. The number of hydrogen-bond acceptors (Lipinski definition) is 6. The monoisotopic (exact) mass is 462 g/mol. The number of morpholine rings is 1. The van der Waals surface area contributed by atoms with E-state index in [4.69, 9.17) is 9.47 Å². The summed E-state index contributed by atoms with van der Waals surface area (Å²) in [6, 6.07) is 5.90. The van der Waals surface area contributed by atoms with Gasteiger partial charge in [0.25, 0.3) is 10.0 Å². The molecule has 30 heavy (non-hydrogen) atoms. The molecule has 0 aliphatic carbocycles. The summed E-state index contributed by atoms with van der Waals surface area (Å²) in [4.78, 5) is -0.666. The average molecular weight is 462 g/mol. The Bertz CT molecular complexity index is 1130. The zero-order chi connectivity index (χ0) is 21.9. The molecule has 1 heterocycles. The summed E-state index contributed by atoms with van der Waals surface area (Å²) in [5, 5.41) is 0. The third-order valence-electron chi connectivity index (χ3n) is 4.30. The second-order valence-electron chi connectivity index (χ2n) is 6.29. The molecule has 0 atom stereocenters. The first-order valence-electron chi connectivity index (χ1n) is 8.98. The van der Waals surface area contributed by atoms with Crippen molar-refractivity contribution in [3.63, 3.8) is 0 Å². The van der Waals surface area contributed by atoms with Crippen LogP contribution in [0.3, 0.4) is 0 Å². The maximum Gasteiger partial charge on any atom is 0.262 e. The number of rotatable bonds is 7. The van der Waals surface area contributed by atoms with Gasteiger partial charge in [-0.05, 0) is 43.3 Å². The van der Waals surface area contributed by atoms with Crippen LogP contribution in [0.25, 0.3) is 0 Å². The van der Waals surface area contributed by atoms with Gasteiger partial charge in [-0.3, -0.25) is 4.72 Å². The predicted molar refractivity (Wildman–Crippen MR) is 104 cm³/mol. The van der Waals surface area contributed by atoms with Gasteiger partial charge in [0.2, 0.25) is 10.0 Å². The molecule has 2 aromatic rings. The van der Waals surface area contributed by atoms with Crippen LogP contribution in [0.2, 0.25) is 0 Å². The van der Waals surface area contributed by atoms with Gasteiger partial charge in [-0.1, -0.05) is 0 Å². The summed E-state index contributed by atoms with van der Waals surface area (Å²) in [6.07, 6.45) is 0. The molecule has 1 N–H and O–H groups in total. The van der Waals surface area contributed by atoms with Gasteiger partial charge in [0.15, 0.2) is 11.6 Å². The molecule has 3 rings (SSSR count). The number of anilines is 1. The lowest BCUT2D eigenvalue weighted by Gasteiger charge is -2.26. The number of sulfonamides is 2. The van der Waals surface area contributed by atoms with E-state index < -0.39 is 36.6 Å². The molecule has 1 aliphatic heterocycles. The molecule has 1 aliphatic rings. The third kappa shape index (κ3) is 4.72. The Morgan fingerprint density at radius 3 is 2.30 bits per heavy atom. The summed E-state index contributed by atoms with van der Waals surface area (Å²) >= 11 is 0. The van der Waals surface area contributed by atoms with Crippen LogP contribution < -0.4 is 9.46 Å². The highest BCUT2D eigenvalue weighted by Gasteiger charge is 2.28. The van der Waals surface area contributed by atoms with Crippen molar-refractivity contribution in [3.05, 3.63) is 48.0 Å². The minimum atomic E-state index is -4.35. The Balaban J connectivity index is 1.99. The number of hydrogen-bond donors (Lipinski definition) is 1. The first-order chi connectivity index (χ1) is 14.1. The number of nitrogens with one attached hydrogen (secondary N) is 1. The van der Waals surface area contributed by atoms with Crippen molar-refractivity contribution in [2.75, 3.05) is 37.6 Å². The van der Waals surface area contributed by atoms with E-state index >= 15 is 0 Å². The average Bonchev–Trinajstić information content (AvgIpc) is 2.71. The predicted octanol–water partition coefficient (Wildman–Crippen LogP) is 2.19. The van der Waals surface area contributed by atoms with Crippen LogP contribution in [0.15, 0.2) is 46.2 Å². The van der Waals surface area contributed by atoms with Crippen molar-refractivity contribution >= 4 is 25.7 Å². The third-order valence-corrected chi connectivity index (χ3v) is 7.56. The van der Waals surface area contributed by atoms with Crippen LogP contribution in [-0.4, -0.2) is 54.1 Å². The molecule has 0 bridgehead atoms. The Morgan fingerprint density at radius 1 is 1.00 bits per heavy atom. The van der Waals surface area contributed by atoms with E-state index in [1.807, 2.05) is 0 Å². The van der Waals surface area contributed by atoms with Crippen molar-refractivity contribution in [3.8, 4) is 5.75 Å². The highest BCUT2D eigenvalue weighted by molar-refractivity contribution is 7.92. The molecule has 0 saturated carbocycles. The molecule has 8 nitrogen and oxygen atoms in total. The second kappa shape index (κ2) is 8.84. The molecule has 0 unspecified atom stereocenters. The van der Waals surface area contributed by atoms with E-state index in [1.165, 1.54) is 16.4 Å². The number of nitrogens with zero attached hydrogens (tertiary/aromatic N) is 1. The van der Waals surface area contributed by atoms with Crippen molar-refractivity contribution in [2.24, 2.45) is 0 Å².